The van der Waals surface area contributed by atoms with Crippen molar-refractivity contribution in [2.45, 2.75) is 25.5 Å². The van der Waals surface area contributed by atoms with Crippen molar-refractivity contribution in [2.24, 2.45) is 0 Å². The molecule has 2 aliphatic heterocycles. The van der Waals surface area contributed by atoms with Gasteiger partial charge in [0, 0.05) is 42.8 Å². The Labute approximate surface area is 143 Å². The van der Waals surface area contributed by atoms with Gasteiger partial charge in [-0.3, -0.25) is 10.1 Å². The van der Waals surface area contributed by atoms with Crippen LogP contribution in [-0.4, -0.2) is 34.6 Å². The first-order valence-corrected chi connectivity index (χ1v) is 8.87. The second kappa shape index (κ2) is 6.12. The van der Waals surface area contributed by atoms with E-state index in [-0.39, 0.29) is 10.6 Å². The Morgan fingerprint density at radius 2 is 2.17 bits per heavy atom. The van der Waals surface area contributed by atoms with Crippen LogP contribution in [0.2, 0.25) is 0 Å². The summed E-state index contributed by atoms with van der Waals surface area (Å²) in [6.45, 7) is 3.00. The zero-order valence-corrected chi connectivity index (χ0v) is 13.9. The number of anilines is 1. The van der Waals surface area contributed by atoms with Crippen LogP contribution < -0.4 is 10.2 Å². The number of nitrogens with one attached hydrogen (secondary N) is 1. The highest BCUT2D eigenvalue weighted by Gasteiger charge is 2.27. The summed E-state index contributed by atoms with van der Waals surface area (Å²) in [5, 5.41) is 25.3. The SMILES string of the molecule is O=[N+]([O-])c1cc(N2CCCC2)ccc1-c1nc2c(s1)CNCC2O. The first-order valence-electron chi connectivity index (χ1n) is 8.05. The number of rotatable bonds is 3. The van der Waals surface area contributed by atoms with Gasteiger partial charge in [0.25, 0.3) is 5.69 Å². The maximum Gasteiger partial charge on any atom is 0.281 e. The smallest absolute Gasteiger partial charge is 0.281 e. The summed E-state index contributed by atoms with van der Waals surface area (Å²) < 4.78 is 0. The number of nitro groups is 1. The van der Waals surface area contributed by atoms with Gasteiger partial charge < -0.3 is 15.3 Å². The topological polar surface area (TPSA) is 91.5 Å². The summed E-state index contributed by atoms with van der Waals surface area (Å²) in [6, 6.07) is 5.37. The van der Waals surface area contributed by atoms with Gasteiger partial charge >= 0.3 is 0 Å². The fourth-order valence-corrected chi connectivity index (χ4v) is 4.43. The molecule has 0 radical (unpaired) electrons. The van der Waals surface area contributed by atoms with Crippen molar-refractivity contribution >= 4 is 22.7 Å². The average Bonchev–Trinajstić information content (AvgIpc) is 3.24. The largest absolute Gasteiger partial charge is 0.385 e. The second-order valence-corrected chi connectivity index (χ2v) is 7.21. The quantitative estimate of drug-likeness (QED) is 0.655. The first-order chi connectivity index (χ1) is 11.6. The van der Waals surface area contributed by atoms with E-state index >= 15 is 0 Å². The second-order valence-electron chi connectivity index (χ2n) is 6.13. The van der Waals surface area contributed by atoms with Crippen molar-refractivity contribution in [1.82, 2.24) is 10.3 Å². The maximum atomic E-state index is 11.6. The average molecular weight is 346 g/mol. The number of nitro benzene ring substituents is 1. The third-order valence-electron chi connectivity index (χ3n) is 4.55. The van der Waals surface area contributed by atoms with Gasteiger partial charge in [0.1, 0.15) is 11.1 Å². The Morgan fingerprint density at radius 3 is 2.88 bits per heavy atom. The molecule has 2 aliphatic rings. The summed E-state index contributed by atoms with van der Waals surface area (Å²) >= 11 is 1.41. The summed E-state index contributed by atoms with van der Waals surface area (Å²) in [7, 11) is 0. The number of thiazole rings is 1. The monoisotopic (exact) mass is 346 g/mol. The van der Waals surface area contributed by atoms with E-state index in [4.69, 9.17) is 0 Å². The predicted molar refractivity (Wildman–Crippen MR) is 92.3 cm³/mol. The van der Waals surface area contributed by atoms with Crippen LogP contribution in [0, 0.1) is 10.1 Å². The number of aliphatic hydroxyl groups excluding tert-OH is 1. The third-order valence-corrected chi connectivity index (χ3v) is 5.65. The molecule has 7 nitrogen and oxygen atoms in total. The number of benzene rings is 1. The van der Waals surface area contributed by atoms with Crippen molar-refractivity contribution in [3.63, 3.8) is 0 Å². The Kier molecular flexibility index (Phi) is 3.95. The van der Waals surface area contributed by atoms with Gasteiger partial charge in [-0.25, -0.2) is 4.98 Å². The van der Waals surface area contributed by atoms with E-state index in [0.29, 0.717) is 29.4 Å². The molecule has 1 atom stereocenters. The summed E-state index contributed by atoms with van der Waals surface area (Å²) in [6.07, 6.45) is 1.60. The molecule has 0 bridgehead atoms. The zero-order chi connectivity index (χ0) is 16.7. The Balaban J connectivity index is 1.76. The Morgan fingerprint density at radius 1 is 1.38 bits per heavy atom. The molecule has 3 heterocycles. The molecule has 24 heavy (non-hydrogen) atoms. The molecule has 1 aromatic carbocycles. The lowest BCUT2D eigenvalue weighted by molar-refractivity contribution is -0.384. The molecule has 1 unspecified atom stereocenters. The lowest BCUT2D eigenvalue weighted by Crippen LogP contribution is -2.27. The van der Waals surface area contributed by atoms with Crippen molar-refractivity contribution in [3.05, 3.63) is 38.9 Å². The van der Waals surface area contributed by atoms with E-state index in [0.717, 1.165) is 36.5 Å². The van der Waals surface area contributed by atoms with Crippen molar-refractivity contribution < 1.29 is 10.0 Å². The van der Waals surface area contributed by atoms with Crippen LogP contribution in [-0.2, 0) is 6.54 Å². The lowest BCUT2D eigenvalue weighted by atomic mass is 10.1. The van der Waals surface area contributed by atoms with Crippen LogP contribution in [0.15, 0.2) is 18.2 Å². The Hall–Kier alpha value is -2.03. The van der Waals surface area contributed by atoms with Gasteiger partial charge in [-0.05, 0) is 25.0 Å². The molecule has 2 N–H and O–H groups in total. The first kappa shape index (κ1) is 15.5. The minimum Gasteiger partial charge on any atom is -0.385 e. The van der Waals surface area contributed by atoms with Crippen LogP contribution >= 0.6 is 11.3 Å². The normalized spacial score (nSPS) is 20.2. The van der Waals surface area contributed by atoms with E-state index in [1.54, 1.807) is 12.1 Å². The van der Waals surface area contributed by atoms with Crippen molar-refractivity contribution in [3.8, 4) is 10.6 Å². The molecular formula is C16H18N4O3S. The highest BCUT2D eigenvalue weighted by atomic mass is 32.1. The van der Waals surface area contributed by atoms with Gasteiger partial charge in [0.2, 0.25) is 0 Å². The summed E-state index contributed by atoms with van der Waals surface area (Å²) in [4.78, 5) is 18.8. The van der Waals surface area contributed by atoms with Crippen LogP contribution in [0.5, 0.6) is 0 Å². The molecule has 8 heteroatoms. The number of nitrogens with zero attached hydrogens (tertiary/aromatic N) is 3. The molecule has 1 fully saturated rings. The number of hydrogen-bond acceptors (Lipinski definition) is 7. The van der Waals surface area contributed by atoms with Crippen molar-refractivity contribution in [2.75, 3.05) is 24.5 Å². The summed E-state index contributed by atoms with van der Waals surface area (Å²) in [5.41, 5.74) is 2.14. The van der Waals surface area contributed by atoms with E-state index in [9.17, 15) is 15.2 Å². The molecule has 4 rings (SSSR count). The number of β-amino-alcohol motifs (C(OH)–C–C–N with tert-alkyl or cyclic N) is 1. The van der Waals surface area contributed by atoms with Crippen LogP contribution in [0.3, 0.4) is 0 Å². The number of aliphatic hydroxyl groups is 1. The van der Waals surface area contributed by atoms with E-state index in [2.05, 4.69) is 15.2 Å². The maximum absolute atomic E-state index is 11.6. The van der Waals surface area contributed by atoms with E-state index < -0.39 is 6.10 Å². The highest BCUT2D eigenvalue weighted by Crippen LogP contribution is 2.39. The molecule has 126 valence electrons. The number of aromatic nitrogens is 1. The van der Waals surface area contributed by atoms with Crippen LogP contribution in [0.25, 0.3) is 10.6 Å². The fourth-order valence-electron chi connectivity index (χ4n) is 3.31. The molecule has 1 saturated heterocycles. The molecule has 0 saturated carbocycles. The molecule has 0 spiro atoms. The highest BCUT2D eigenvalue weighted by molar-refractivity contribution is 7.15. The van der Waals surface area contributed by atoms with E-state index in [1.165, 1.54) is 11.3 Å². The molecule has 1 aromatic heterocycles. The molecular weight excluding hydrogens is 328 g/mol. The molecule has 2 aromatic rings. The van der Waals surface area contributed by atoms with Gasteiger partial charge in [-0.15, -0.1) is 11.3 Å². The fraction of sp³-hybridized carbons (Fsp3) is 0.438. The molecule has 0 amide bonds. The van der Waals surface area contributed by atoms with Crippen LogP contribution in [0.4, 0.5) is 11.4 Å². The molecule has 0 aliphatic carbocycles. The minimum absolute atomic E-state index is 0.0768. The zero-order valence-electron chi connectivity index (χ0n) is 13.1. The standard InChI is InChI=1S/C16H18N4O3S/c21-13-8-17-9-14-15(13)18-16(24-14)11-4-3-10(7-12(11)20(22)23)19-5-1-2-6-19/h3-4,7,13,17,21H,1-2,5-6,8-9H2. The summed E-state index contributed by atoms with van der Waals surface area (Å²) in [5.74, 6) is 0. The van der Waals surface area contributed by atoms with Gasteiger partial charge in [0.15, 0.2) is 0 Å². The van der Waals surface area contributed by atoms with Gasteiger partial charge in [0.05, 0.1) is 16.2 Å². The van der Waals surface area contributed by atoms with Gasteiger partial charge in [-0.2, -0.15) is 0 Å². The predicted octanol–water partition coefficient (Wildman–Crippen LogP) is 2.46. The minimum atomic E-state index is -0.651. The number of fused-ring (bicyclic) bond motifs is 1. The van der Waals surface area contributed by atoms with Crippen molar-refractivity contribution in [1.29, 1.82) is 0 Å². The third kappa shape index (κ3) is 2.66. The van der Waals surface area contributed by atoms with Gasteiger partial charge in [-0.1, -0.05) is 0 Å². The van der Waals surface area contributed by atoms with E-state index in [1.807, 2.05) is 6.07 Å². The Bertz CT molecular complexity index is 786. The lowest BCUT2D eigenvalue weighted by Gasteiger charge is -2.17. The van der Waals surface area contributed by atoms with Crippen LogP contribution in [0.1, 0.15) is 29.5 Å². The number of hydrogen-bond donors (Lipinski definition) is 2.